The number of rotatable bonds is 5. The van der Waals surface area contributed by atoms with E-state index in [0.717, 1.165) is 5.56 Å². The van der Waals surface area contributed by atoms with E-state index < -0.39 is 0 Å². The van der Waals surface area contributed by atoms with Gasteiger partial charge in [-0.2, -0.15) is 0 Å². The molecule has 0 saturated carbocycles. The van der Waals surface area contributed by atoms with Crippen molar-refractivity contribution in [3.05, 3.63) is 69.7 Å². The van der Waals surface area contributed by atoms with Gasteiger partial charge in [0.25, 0.3) is 5.91 Å². The fourth-order valence-corrected chi connectivity index (χ4v) is 3.17. The lowest BCUT2D eigenvalue weighted by Crippen LogP contribution is -2.17. The number of halogens is 2. The molecular weight excluding hydrogens is 361 g/mol. The van der Waals surface area contributed by atoms with Crippen molar-refractivity contribution in [2.45, 2.75) is 26.3 Å². The predicted octanol–water partition coefficient (Wildman–Crippen LogP) is 5.16. The number of amides is 1. The summed E-state index contributed by atoms with van der Waals surface area (Å²) in [4.78, 5) is 16.7. The van der Waals surface area contributed by atoms with Gasteiger partial charge in [0.05, 0.1) is 0 Å². The van der Waals surface area contributed by atoms with E-state index in [1.165, 1.54) is 29.5 Å². The minimum atomic E-state index is -0.357. The second-order valence-electron chi connectivity index (χ2n) is 5.97. The number of hydrogen-bond donors (Lipinski definition) is 1. The first kappa shape index (κ1) is 17.6. The van der Waals surface area contributed by atoms with E-state index in [4.69, 9.17) is 11.6 Å². The largest absolute Gasteiger partial charge is 0.339 e. The number of hydrogen-bond acceptors (Lipinski definition) is 3. The molecule has 3 rings (SSSR count). The molecule has 1 amide bonds. The van der Waals surface area contributed by atoms with E-state index in [9.17, 15) is 9.18 Å². The van der Waals surface area contributed by atoms with Crippen LogP contribution in [0.5, 0.6) is 0 Å². The maximum atomic E-state index is 13.5. The van der Waals surface area contributed by atoms with E-state index >= 15 is 0 Å². The highest BCUT2D eigenvalue weighted by Crippen LogP contribution is 2.24. The Kier molecular flexibility index (Phi) is 5.20. The highest BCUT2D eigenvalue weighted by molar-refractivity contribution is 7.13. The average molecular weight is 378 g/mol. The second-order valence-corrected chi connectivity index (χ2v) is 7.27. The summed E-state index contributed by atoms with van der Waals surface area (Å²) in [6, 6.07) is 6.08. The van der Waals surface area contributed by atoms with Crippen molar-refractivity contribution >= 4 is 34.0 Å². The summed E-state index contributed by atoms with van der Waals surface area (Å²) in [5.41, 5.74) is 2.13. The first-order valence-corrected chi connectivity index (χ1v) is 9.04. The quantitative estimate of drug-likeness (QED) is 0.667. The van der Waals surface area contributed by atoms with Crippen LogP contribution in [0.2, 0.25) is 5.02 Å². The topological polar surface area (TPSA) is 46.9 Å². The van der Waals surface area contributed by atoms with Gasteiger partial charge < -0.3 is 4.57 Å². The van der Waals surface area contributed by atoms with E-state index in [1.807, 2.05) is 12.3 Å². The summed E-state index contributed by atoms with van der Waals surface area (Å²) in [5, 5.41) is 5.58. The van der Waals surface area contributed by atoms with Gasteiger partial charge in [0.1, 0.15) is 11.5 Å². The van der Waals surface area contributed by atoms with Gasteiger partial charge in [-0.15, -0.1) is 11.3 Å². The molecule has 0 fully saturated rings. The Labute approximate surface area is 154 Å². The maximum absolute atomic E-state index is 13.5. The number of thiazole rings is 1. The Hall–Kier alpha value is -2.18. The predicted molar refractivity (Wildman–Crippen MR) is 99.1 cm³/mol. The molecule has 2 aromatic heterocycles. The average Bonchev–Trinajstić information content (AvgIpc) is 3.20. The van der Waals surface area contributed by atoms with Crippen molar-refractivity contribution < 1.29 is 9.18 Å². The lowest BCUT2D eigenvalue weighted by molar-refractivity contribution is 0.101. The molecule has 0 spiro atoms. The molecule has 0 unspecified atom stereocenters. The summed E-state index contributed by atoms with van der Waals surface area (Å²) < 4.78 is 15.3. The fraction of sp³-hybridized carbons (Fsp3) is 0.222. The van der Waals surface area contributed by atoms with Crippen LogP contribution in [-0.2, 0) is 6.54 Å². The Morgan fingerprint density at radius 3 is 2.88 bits per heavy atom. The van der Waals surface area contributed by atoms with Gasteiger partial charge >= 0.3 is 0 Å². The van der Waals surface area contributed by atoms with Crippen LogP contribution in [0.1, 0.15) is 41.4 Å². The highest BCUT2D eigenvalue weighted by Gasteiger charge is 2.17. The number of aromatic nitrogens is 2. The highest BCUT2D eigenvalue weighted by atomic mass is 35.5. The first-order valence-electron chi connectivity index (χ1n) is 7.79. The molecule has 4 nitrogen and oxygen atoms in total. The number of benzene rings is 1. The van der Waals surface area contributed by atoms with Crippen LogP contribution in [-0.4, -0.2) is 15.5 Å². The lowest BCUT2D eigenvalue weighted by Gasteiger charge is -2.10. The summed E-state index contributed by atoms with van der Waals surface area (Å²) in [7, 11) is 0. The molecule has 7 heteroatoms. The molecule has 3 aromatic rings. The maximum Gasteiger partial charge on any atom is 0.274 e. The lowest BCUT2D eigenvalue weighted by atomic mass is 10.1. The Morgan fingerprint density at radius 1 is 1.40 bits per heavy atom. The van der Waals surface area contributed by atoms with Crippen molar-refractivity contribution in [3.63, 3.8) is 0 Å². The van der Waals surface area contributed by atoms with E-state index in [2.05, 4.69) is 24.1 Å². The Morgan fingerprint density at radius 2 is 2.20 bits per heavy atom. The molecule has 25 heavy (non-hydrogen) atoms. The fourth-order valence-electron chi connectivity index (χ4n) is 2.46. The number of carbonyl (C=O) groups excluding carboxylic acids is 1. The molecule has 0 radical (unpaired) electrons. The summed E-state index contributed by atoms with van der Waals surface area (Å²) in [6.45, 7) is 4.42. The second kappa shape index (κ2) is 7.37. The summed E-state index contributed by atoms with van der Waals surface area (Å²) in [5.74, 6) is -0.352. The molecular formula is C18H17ClFN3OS. The van der Waals surface area contributed by atoms with Gasteiger partial charge in [-0.25, -0.2) is 9.37 Å². The Bertz CT molecular complexity index is 890. The van der Waals surface area contributed by atoms with Gasteiger partial charge in [0, 0.05) is 29.3 Å². The monoisotopic (exact) mass is 377 g/mol. The third-order valence-electron chi connectivity index (χ3n) is 3.82. The minimum absolute atomic E-state index is 0.255. The molecule has 0 aliphatic rings. The van der Waals surface area contributed by atoms with Crippen molar-refractivity contribution in [1.29, 1.82) is 0 Å². The molecule has 0 saturated heterocycles. The molecule has 0 aliphatic heterocycles. The molecule has 1 aromatic carbocycles. The molecule has 2 heterocycles. The number of anilines is 1. The van der Waals surface area contributed by atoms with Gasteiger partial charge in [-0.1, -0.05) is 25.4 Å². The number of nitrogens with zero attached hydrogens (tertiary/aromatic N) is 2. The van der Waals surface area contributed by atoms with Crippen LogP contribution in [0.25, 0.3) is 0 Å². The molecule has 0 bridgehead atoms. The normalized spacial score (nSPS) is 11.1. The van der Waals surface area contributed by atoms with Crippen LogP contribution in [0.15, 0.2) is 42.0 Å². The van der Waals surface area contributed by atoms with Gasteiger partial charge in [0.15, 0.2) is 5.13 Å². The third kappa shape index (κ3) is 4.08. The molecule has 1 N–H and O–H groups in total. The molecule has 0 aliphatic carbocycles. The van der Waals surface area contributed by atoms with Crippen molar-refractivity contribution in [3.8, 4) is 0 Å². The van der Waals surface area contributed by atoms with Crippen molar-refractivity contribution in [2.75, 3.05) is 5.32 Å². The van der Waals surface area contributed by atoms with Gasteiger partial charge in [-0.3, -0.25) is 10.1 Å². The summed E-state index contributed by atoms with van der Waals surface area (Å²) >= 11 is 7.52. The van der Waals surface area contributed by atoms with E-state index in [-0.39, 0.29) is 17.6 Å². The van der Waals surface area contributed by atoms with Crippen LogP contribution < -0.4 is 5.32 Å². The SMILES string of the molecule is CC(C)c1cc(C(=O)Nc2nccs2)n(Cc2cc(F)ccc2Cl)c1. The van der Waals surface area contributed by atoms with Gasteiger partial charge in [0.2, 0.25) is 0 Å². The van der Waals surface area contributed by atoms with Crippen molar-refractivity contribution in [2.24, 2.45) is 0 Å². The van der Waals surface area contributed by atoms with Crippen LogP contribution in [0.3, 0.4) is 0 Å². The number of carbonyl (C=O) groups is 1. The zero-order chi connectivity index (χ0) is 18.0. The minimum Gasteiger partial charge on any atom is -0.339 e. The van der Waals surface area contributed by atoms with Crippen LogP contribution in [0.4, 0.5) is 9.52 Å². The summed E-state index contributed by atoms with van der Waals surface area (Å²) in [6.07, 6.45) is 3.54. The zero-order valence-electron chi connectivity index (χ0n) is 13.8. The van der Waals surface area contributed by atoms with Gasteiger partial charge in [-0.05, 0) is 41.3 Å². The smallest absolute Gasteiger partial charge is 0.274 e. The standard InChI is InChI=1S/C18H17ClFN3OS/c1-11(2)12-8-16(17(24)22-18-21-5-6-25-18)23(9-12)10-13-7-14(20)3-4-15(13)19/h3-9,11H,10H2,1-2H3,(H,21,22,24). The zero-order valence-corrected chi connectivity index (χ0v) is 15.4. The first-order chi connectivity index (χ1) is 11.9. The molecule has 0 atom stereocenters. The number of nitrogens with one attached hydrogen (secondary N) is 1. The van der Waals surface area contributed by atoms with E-state index in [0.29, 0.717) is 28.0 Å². The Balaban J connectivity index is 1.94. The van der Waals surface area contributed by atoms with E-state index in [1.54, 1.807) is 16.1 Å². The third-order valence-corrected chi connectivity index (χ3v) is 4.88. The molecule has 130 valence electrons. The van der Waals surface area contributed by atoms with Crippen LogP contribution in [0, 0.1) is 5.82 Å². The van der Waals surface area contributed by atoms with Crippen LogP contribution >= 0.6 is 22.9 Å². The van der Waals surface area contributed by atoms with Crippen molar-refractivity contribution in [1.82, 2.24) is 9.55 Å².